The number of hydrogen-bond acceptors (Lipinski definition) is 3. The van der Waals surface area contributed by atoms with Crippen LogP contribution < -0.4 is 4.74 Å². The van der Waals surface area contributed by atoms with Crippen LogP contribution in [-0.4, -0.2) is 48.0 Å². The summed E-state index contributed by atoms with van der Waals surface area (Å²) in [6.07, 6.45) is 1.74. The maximum Gasteiger partial charge on any atom is 0.327 e. The van der Waals surface area contributed by atoms with Crippen LogP contribution in [0.15, 0.2) is 24.3 Å². The van der Waals surface area contributed by atoms with Crippen LogP contribution in [0.5, 0.6) is 5.75 Å². The maximum absolute atomic E-state index is 12.3. The molecule has 0 aliphatic carbocycles. The second-order valence-electron chi connectivity index (χ2n) is 5.76. The molecule has 2 saturated heterocycles. The zero-order valence-electron chi connectivity index (χ0n) is 12.4. The Balaban J connectivity index is 1.70. The SMILES string of the molecule is COc1ccc(C(C)CN2C(=O)C3CCCN3C2=O)cc1. The van der Waals surface area contributed by atoms with Gasteiger partial charge in [0.05, 0.1) is 7.11 Å². The predicted octanol–water partition coefficient (Wildman–Crippen LogP) is 2.23. The Morgan fingerprint density at radius 1 is 1.29 bits per heavy atom. The molecule has 0 spiro atoms. The Hall–Kier alpha value is -2.04. The van der Waals surface area contributed by atoms with Crippen molar-refractivity contribution >= 4 is 11.9 Å². The monoisotopic (exact) mass is 288 g/mol. The lowest BCUT2D eigenvalue weighted by molar-refractivity contribution is -0.128. The number of ether oxygens (including phenoxy) is 1. The van der Waals surface area contributed by atoms with Gasteiger partial charge in [0.25, 0.3) is 5.91 Å². The van der Waals surface area contributed by atoms with Crippen LogP contribution in [-0.2, 0) is 4.79 Å². The molecule has 0 N–H and O–H groups in total. The molecule has 1 aromatic rings. The van der Waals surface area contributed by atoms with Gasteiger partial charge < -0.3 is 9.64 Å². The van der Waals surface area contributed by atoms with Crippen molar-refractivity contribution in [2.45, 2.75) is 31.7 Å². The first-order valence-corrected chi connectivity index (χ1v) is 7.37. The number of fused-ring (bicyclic) bond motifs is 1. The molecule has 2 fully saturated rings. The van der Waals surface area contributed by atoms with E-state index in [1.165, 1.54) is 4.90 Å². The molecule has 3 rings (SSSR count). The Labute approximate surface area is 124 Å². The topological polar surface area (TPSA) is 49.9 Å². The molecule has 5 heteroatoms. The normalized spacial score (nSPS) is 22.7. The van der Waals surface area contributed by atoms with Crippen LogP contribution in [0.2, 0.25) is 0 Å². The zero-order valence-corrected chi connectivity index (χ0v) is 12.4. The molecule has 0 saturated carbocycles. The molecule has 2 unspecified atom stereocenters. The molecule has 0 bridgehead atoms. The van der Waals surface area contributed by atoms with Crippen molar-refractivity contribution in [3.05, 3.63) is 29.8 Å². The van der Waals surface area contributed by atoms with E-state index in [4.69, 9.17) is 4.74 Å². The van der Waals surface area contributed by atoms with E-state index in [-0.39, 0.29) is 23.9 Å². The molecule has 2 atom stereocenters. The third-order valence-electron chi connectivity index (χ3n) is 4.42. The van der Waals surface area contributed by atoms with E-state index in [0.717, 1.165) is 24.2 Å². The van der Waals surface area contributed by atoms with Gasteiger partial charge in [0, 0.05) is 13.1 Å². The Bertz CT molecular complexity index is 533. The van der Waals surface area contributed by atoms with Crippen molar-refractivity contribution in [1.82, 2.24) is 9.80 Å². The predicted molar refractivity (Wildman–Crippen MR) is 78.2 cm³/mol. The first kappa shape index (κ1) is 13.9. The average molecular weight is 288 g/mol. The lowest BCUT2D eigenvalue weighted by atomic mass is 10.0. The van der Waals surface area contributed by atoms with Crippen molar-refractivity contribution in [1.29, 1.82) is 0 Å². The standard InChI is InChI=1S/C16H20N2O3/c1-11(12-5-7-13(21-2)8-6-12)10-18-15(19)14-4-3-9-17(14)16(18)20/h5-8,11,14H,3-4,9-10H2,1-2H3. The smallest absolute Gasteiger partial charge is 0.327 e. The first-order chi connectivity index (χ1) is 10.1. The third kappa shape index (κ3) is 2.37. The van der Waals surface area contributed by atoms with E-state index >= 15 is 0 Å². The molecule has 0 aromatic heterocycles. The van der Waals surface area contributed by atoms with Crippen molar-refractivity contribution < 1.29 is 14.3 Å². The van der Waals surface area contributed by atoms with E-state index in [9.17, 15) is 9.59 Å². The molecule has 3 amide bonds. The van der Waals surface area contributed by atoms with Gasteiger partial charge >= 0.3 is 6.03 Å². The summed E-state index contributed by atoms with van der Waals surface area (Å²) in [5.41, 5.74) is 1.10. The number of methoxy groups -OCH3 is 1. The largest absolute Gasteiger partial charge is 0.497 e. The molecule has 2 aliphatic rings. The summed E-state index contributed by atoms with van der Waals surface area (Å²) in [6.45, 7) is 3.19. The summed E-state index contributed by atoms with van der Waals surface area (Å²) in [5, 5.41) is 0. The lowest BCUT2D eigenvalue weighted by Crippen LogP contribution is -2.35. The summed E-state index contributed by atoms with van der Waals surface area (Å²) in [5.74, 6) is 0.890. The van der Waals surface area contributed by atoms with Gasteiger partial charge in [-0.3, -0.25) is 9.69 Å². The van der Waals surface area contributed by atoms with Crippen LogP contribution in [0.25, 0.3) is 0 Å². The fourth-order valence-electron chi connectivity index (χ4n) is 3.16. The average Bonchev–Trinajstić information content (AvgIpc) is 3.07. The molecular formula is C16H20N2O3. The van der Waals surface area contributed by atoms with E-state index < -0.39 is 0 Å². The molecule has 1 aromatic carbocycles. The molecule has 2 heterocycles. The number of imide groups is 1. The van der Waals surface area contributed by atoms with Gasteiger partial charge in [0.2, 0.25) is 0 Å². The molecule has 5 nitrogen and oxygen atoms in total. The van der Waals surface area contributed by atoms with Gasteiger partial charge in [-0.2, -0.15) is 0 Å². The van der Waals surface area contributed by atoms with Crippen molar-refractivity contribution in [3.8, 4) is 5.75 Å². The number of nitrogens with zero attached hydrogens (tertiary/aromatic N) is 2. The maximum atomic E-state index is 12.3. The van der Waals surface area contributed by atoms with Crippen LogP contribution in [0.4, 0.5) is 4.79 Å². The van der Waals surface area contributed by atoms with Gasteiger partial charge in [0.1, 0.15) is 11.8 Å². The second kappa shape index (κ2) is 5.39. The number of carbonyl (C=O) groups is 2. The third-order valence-corrected chi connectivity index (χ3v) is 4.42. The molecule has 2 aliphatic heterocycles. The van der Waals surface area contributed by atoms with Gasteiger partial charge in [-0.1, -0.05) is 19.1 Å². The minimum Gasteiger partial charge on any atom is -0.497 e. The summed E-state index contributed by atoms with van der Waals surface area (Å²) in [6, 6.07) is 7.43. The number of rotatable bonds is 4. The highest BCUT2D eigenvalue weighted by molar-refractivity contribution is 6.04. The Morgan fingerprint density at radius 3 is 2.62 bits per heavy atom. The van der Waals surface area contributed by atoms with Crippen LogP contribution in [0.3, 0.4) is 0 Å². The highest BCUT2D eigenvalue weighted by Gasteiger charge is 2.47. The van der Waals surface area contributed by atoms with E-state index in [1.54, 1.807) is 12.0 Å². The Kier molecular flexibility index (Phi) is 3.57. The number of benzene rings is 1. The van der Waals surface area contributed by atoms with E-state index in [1.807, 2.05) is 31.2 Å². The molecule has 21 heavy (non-hydrogen) atoms. The Morgan fingerprint density at radius 2 is 2.00 bits per heavy atom. The van der Waals surface area contributed by atoms with Gasteiger partial charge in [-0.05, 0) is 36.5 Å². The van der Waals surface area contributed by atoms with E-state index in [2.05, 4.69) is 0 Å². The summed E-state index contributed by atoms with van der Waals surface area (Å²) < 4.78 is 5.14. The summed E-state index contributed by atoms with van der Waals surface area (Å²) in [4.78, 5) is 27.7. The quantitative estimate of drug-likeness (QED) is 0.798. The molecule has 112 valence electrons. The lowest BCUT2D eigenvalue weighted by Gasteiger charge is -2.20. The number of urea groups is 1. The second-order valence-corrected chi connectivity index (χ2v) is 5.76. The summed E-state index contributed by atoms with van der Waals surface area (Å²) in [7, 11) is 1.63. The highest BCUT2D eigenvalue weighted by atomic mass is 16.5. The number of amides is 3. The number of carbonyl (C=O) groups excluding carboxylic acids is 2. The number of hydrogen-bond donors (Lipinski definition) is 0. The van der Waals surface area contributed by atoms with Gasteiger partial charge in [0.15, 0.2) is 0 Å². The summed E-state index contributed by atoms with van der Waals surface area (Å²) >= 11 is 0. The minimum absolute atomic E-state index is 0.0298. The van der Waals surface area contributed by atoms with E-state index in [0.29, 0.717) is 13.1 Å². The zero-order chi connectivity index (χ0) is 15.0. The highest BCUT2D eigenvalue weighted by Crippen LogP contribution is 2.29. The molecule has 0 radical (unpaired) electrons. The fourth-order valence-corrected chi connectivity index (χ4v) is 3.16. The van der Waals surface area contributed by atoms with Crippen LogP contribution >= 0.6 is 0 Å². The van der Waals surface area contributed by atoms with Gasteiger partial charge in [-0.25, -0.2) is 4.79 Å². The van der Waals surface area contributed by atoms with Gasteiger partial charge in [-0.15, -0.1) is 0 Å². The van der Waals surface area contributed by atoms with Crippen molar-refractivity contribution in [2.24, 2.45) is 0 Å². The van der Waals surface area contributed by atoms with Crippen molar-refractivity contribution in [2.75, 3.05) is 20.2 Å². The van der Waals surface area contributed by atoms with Crippen LogP contribution in [0, 0.1) is 0 Å². The minimum atomic E-state index is -0.208. The first-order valence-electron chi connectivity index (χ1n) is 7.37. The van der Waals surface area contributed by atoms with Crippen LogP contribution in [0.1, 0.15) is 31.2 Å². The fraction of sp³-hybridized carbons (Fsp3) is 0.500. The molecular weight excluding hydrogens is 268 g/mol. The van der Waals surface area contributed by atoms with Crippen molar-refractivity contribution in [3.63, 3.8) is 0 Å².